The van der Waals surface area contributed by atoms with Crippen molar-refractivity contribution in [1.82, 2.24) is 4.90 Å². The van der Waals surface area contributed by atoms with Crippen molar-refractivity contribution in [3.8, 4) is 0 Å². The minimum Gasteiger partial charge on any atom is -0.375 e. The zero-order valence-electron chi connectivity index (χ0n) is 11.8. The molecule has 1 unspecified atom stereocenters. The SMILES string of the molecule is CCOC(C)(C)CN=C(N)N1CCOC(C)C1.I. The van der Waals surface area contributed by atoms with Crippen LogP contribution < -0.4 is 5.73 Å². The Hall–Kier alpha value is -0.0800. The molecule has 0 aromatic rings. The van der Waals surface area contributed by atoms with Gasteiger partial charge in [-0.25, -0.2) is 0 Å². The van der Waals surface area contributed by atoms with Crippen LogP contribution in [0.15, 0.2) is 4.99 Å². The van der Waals surface area contributed by atoms with E-state index in [9.17, 15) is 0 Å². The third-order valence-electron chi connectivity index (χ3n) is 2.72. The van der Waals surface area contributed by atoms with Gasteiger partial charge < -0.3 is 20.1 Å². The first kappa shape index (κ1) is 17.9. The molecule has 0 spiro atoms. The molecule has 1 fully saturated rings. The molecule has 18 heavy (non-hydrogen) atoms. The molecule has 1 aliphatic rings. The van der Waals surface area contributed by atoms with Crippen molar-refractivity contribution in [3.63, 3.8) is 0 Å². The Morgan fingerprint density at radius 2 is 2.22 bits per heavy atom. The van der Waals surface area contributed by atoms with E-state index in [0.29, 0.717) is 25.7 Å². The maximum atomic E-state index is 5.98. The van der Waals surface area contributed by atoms with Crippen molar-refractivity contribution in [1.29, 1.82) is 0 Å². The Balaban J connectivity index is 0.00000289. The van der Waals surface area contributed by atoms with Gasteiger partial charge in [0.25, 0.3) is 0 Å². The Labute approximate surface area is 127 Å². The topological polar surface area (TPSA) is 60.1 Å². The fraction of sp³-hybridized carbons (Fsp3) is 0.917. The van der Waals surface area contributed by atoms with Crippen LogP contribution in [0.1, 0.15) is 27.7 Å². The van der Waals surface area contributed by atoms with Gasteiger partial charge in [0.05, 0.1) is 24.9 Å². The standard InChI is InChI=1S/C12H25N3O2.HI/c1-5-17-12(3,4)9-14-11(13)15-6-7-16-10(2)8-15;/h10H,5-9H2,1-4H3,(H2,13,14);1H. The lowest BCUT2D eigenvalue weighted by atomic mass is 10.1. The molecule has 5 nitrogen and oxygen atoms in total. The molecule has 0 saturated carbocycles. The fourth-order valence-corrected chi connectivity index (χ4v) is 1.83. The molecular formula is C12H26IN3O2. The molecule has 1 atom stereocenters. The summed E-state index contributed by atoms with van der Waals surface area (Å²) in [6.07, 6.45) is 0.220. The van der Waals surface area contributed by atoms with Crippen LogP contribution in [0, 0.1) is 0 Å². The normalized spacial score (nSPS) is 21.7. The summed E-state index contributed by atoms with van der Waals surface area (Å²) in [5.74, 6) is 0.591. The van der Waals surface area contributed by atoms with Gasteiger partial charge in [0.2, 0.25) is 0 Å². The van der Waals surface area contributed by atoms with Gasteiger partial charge in [0.1, 0.15) is 0 Å². The summed E-state index contributed by atoms with van der Waals surface area (Å²) in [4.78, 5) is 6.48. The number of aliphatic imine (C=N–C) groups is 1. The monoisotopic (exact) mass is 371 g/mol. The predicted octanol–water partition coefficient (Wildman–Crippen LogP) is 1.45. The van der Waals surface area contributed by atoms with E-state index in [0.717, 1.165) is 13.1 Å². The van der Waals surface area contributed by atoms with Crippen LogP contribution in [0.3, 0.4) is 0 Å². The Morgan fingerprint density at radius 1 is 1.56 bits per heavy atom. The molecule has 0 radical (unpaired) electrons. The second kappa shape index (κ2) is 8.16. The Morgan fingerprint density at radius 3 is 2.78 bits per heavy atom. The Kier molecular flexibility index (Phi) is 8.13. The van der Waals surface area contributed by atoms with E-state index in [2.05, 4.69) is 9.89 Å². The third-order valence-corrected chi connectivity index (χ3v) is 2.72. The zero-order valence-corrected chi connectivity index (χ0v) is 14.1. The average Bonchev–Trinajstić information content (AvgIpc) is 2.26. The second-order valence-corrected chi connectivity index (χ2v) is 4.99. The molecule has 0 amide bonds. The van der Waals surface area contributed by atoms with Gasteiger partial charge in [-0.1, -0.05) is 0 Å². The molecule has 2 N–H and O–H groups in total. The second-order valence-electron chi connectivity index (χ2n) is 4.99. The first-order valence-electron chi connectivity index (χ1n) is 6.25. The Bertz CT molecular complexity index is 272. The maximum absolute atomic E-state index is 5.98. The van der Waals surface area contributed by atoms with E-state index in [1.54, 1.807) is 0 Å². The minimum atomic E-state index is -0.253. The first-order chi connectivity index (χ1) is 7.94. The average molecular weight is 371 g/mol. The van der Waals surface area contributed by atoms with Gasteiger partial charge >= 0.3 is 0 Å². The van der Waals surface area contributed by atoms with E-state index in [1.807, 2.05) is 27.7 Å². The number of guanidine groups is 1. The number of nitrogens with zero attached hydrogens (tertiary/aromatic N) is 2. The highest BCUT2D eigenvalue weighted by Crippen LogP contribution is 2.10. The van der Waals surface area contributed by atoms with E-state index in [-0.39, 0.29) is 35.7 Å². The highest BCUT2D eigenvalue weighted by Gasteiger charge is 2.20. The number of hydrogen-bond donors (Lipinski definition) is 1. The molecule has 1 saturated heterocycles. The highest BCUT2D eigenvalue weighted by molar-refractivity contribution is 14.0. The van der Waals surface area contributed by atoms with Gasteiger partial charge in [-0.05, 0) is 27.7 Å². The van der Waals surface area contributed by atoms with Crippen LogP contribution in [0.5, 0.6) is 0 Å². The highest BCUT2D eigenvalue weighted by atomic mass is 127. The summed E-state index contributed by atoms with van der Waals surface area (Å²) < 4.78 is 11.0. The summed E-state index contributed by atoms with van der Waals surface area (Å²) >= 11 is 0. The zero-order chi connectivity index (χ0) is 12.9. The van der Waals surface area contributed by atoms with Crippen LogP contribution >= 0.6 is 24.0 Å². The van der Waals surface area contributed by atoms with Crippen LogP contribution in [-0.2, 0) is 9.47 Å². The number of ether oxygens (including phenoxy) is 2. The first-order valence-corrected chi connectivity index (χ1v) is 6.25. The third kappa shape index (κ3) is 6.19. The molecule has 6 heteroatoms. The predicted molar refractivity (Wildman–Crippen MR) is 84.6 cm³/mol. The number of halogens is 1. The van der Waals surface area contributed by atoms with Crippen LogP contribution in [0.25, 0.3) is 0 Å². The van der Waals surface area contributed by atoms with Gasteiger partial charge in [0.15, 0.2) is 5.96 Å². The van der Waals surface area contributed by atoms with Crippen LogP contribution in [0.2, 0.25) is 0 Å². The lowest BCUT2D eigenvalue weighted by Gasteiger charge is -2.32. The lowest BCUT2D eigenvalue weighted by Crippen LogP contribution is -2.48. The maximum Gasteiger partial charge on any atom is 0.191 e. The van der Waals surface area contributed by atoms with E-state index in [1.165, 1.54) is 0 Å². The fourth-order valence-electron chi connectivity index (χ4n) is 1.83. The summed E-state index contributed by atoms with van der Waals surface area (Å²) in [6, 6.07) is 0. The van der Waals surface area contributed by atoms with Crippen LogP contribution in [0.4, 0.5) is 0 Å². The molecule has 0 aliphatic carbocycles. The van der Waals surface area contributed by atoms with E-state index < -0.39 is 0 Å². The van der Waals surface area contributed by atoms with Gasteiger partial charge in [-0.3, -0.25) is 4.99 Å². The number of hydrogen-bond acceptors (Lipinski definition) is 3. The van der Waals surface area contributed by atoms with Gasteiger partial charge in [-0.15, -0.1) is 24.0 Å². The smallest absolute Gasteiger partial charge is 0.191 e. The summed E-state index contributed by atoms with van der Waals surface area (Å²) in [7, 11) is 0. The lowest BCUT2D eigenvalue weighted by molar-refractivity contribution is -0.00397. The number of morpholine rings is 1. The van der Waals surface area contributed by atoms with Crippen molar-refractivity contribution in [2.24, 2.45) is 10.7 Å². The van der Waals surface area contributed by atoms with Crippen molar-refractivity contribution in [3.05, 3.63) is 0 Å². The van der Waals surface area contributed by atoms with E-state index in [4.69, 9.17) is 15.2 Å². The molecule has 108 valence electrons. The molecule has 0 bridgehead atoms. The van der Waals surface area contributed by atoms with Gasteiger partial charge in [0, 0.05) is 19.7 Å². The van der Waals surface area contributed by atoms with Crippen molar-refractivity contribution in [2.45, 2.75) is 39.4 Å². The number of nitrogens with two attached hydrogens (primary N) is 1. The van der Waals surface area contributed by atoms with Crippen molar-refractivity contribution >= 4 is 29.9 Å². The van der Waals surface area contributed by atoms with E-state index >= 15 is 0 Å². The minimum absolute atomic E-state index is 0. The summed E-state index contributed by atoms with van der Waals surface area (Å²) in [5.41, 5.74) is 5.73. The van der Waals surface area contributed by atoms with Crippen LogP contribution in [-0.4, -0.2) is 55.4 Å². The van der Waals surface area contributed by atoms with Crippen molar-refractivity contribution < 1.29 is 9.47 Å². The molecule has 1 heterocycles. The van der Waals surface area contributed by atoms with Crippen molar-refractivity contribution in [2.75, 3.05) is 32.8 Å². The quantitative estimate of drug-likeness (QED) is 0.462. The molecule has 1 rings (SSSR count). The molecule has 1 aliphatic heterocycles. The molecule has 0 aromatic heterocycles. The number of rotatable bonds is 4. The van der Waals surface area contributed by atoms with Gasteiger partial charge in [-0.2, -0.15) is 0 Å². The molecule has 0 aromatic carbocycles. The summed E-state index contributed by atoms with van der Waals surface area (Å²) in [5, 5.41) is 0. The largest absolute Gasteiger partial charge is 0.375 e. The summed E-state index contributed by atoms with van der Waals surface area (Å²) in [6.45, 7) is 11.7. The molecular weight excluding hydrogens is 345 g/mol.